The molecule has 3 aromatic rings. The molecule has 4 heterocycles. The first kappa shape index (κ1) is 16.0. The minimum Gasteiger partial charge on any atom is -0.329 e. The fraction of sp³-hybridized carbons (Fsp3) is 0.412. The first-order chi connectivity index (χ1) is 12.0. The molecular weight excluding hydrogens is 338 g/mol. The number of likely N-dealkylation sites (tertiary alicyclic amines) is 1. The van der Waals surface area contributed by atoms with E-state index < -0.39 is 0 Å². The molecule has 0 spiro atoms. The lowest BCUT2D eigenvalue weighted by Gasteiger charge is -2.34. The van der Waals surface area contributed by atoms with Crippen LogP contribution in [0.3, 0.4) is 0 Å². The van der Waals surface area contributed by atoms with Crippen molar-refractivity contribution in [3.05, 3.63) is 50.0 Å². The molecule has 7 nitrogen and oxygen atoms in total. The fourth-order valence-corrected chi connectivity index (χ4v) is 4.19. The van der Waals surface area contributed by atoms with Gasteiger partial charge in [-0.25, -0.2) is 14.5 Å². The maximum Gasteiger partial charge on any atom is 0.272 e. The molecule has 1 amide bonds. The van der Waals surface area contributed by atoms with Gasteiger partial charge < -0.3 is 4.90 Å². The Balaban J connectivity index is 1.74. The number of aromatic nitrogens is 4. The number of nitrogens with one attached hydrogen (secondary N) is 1. The van der Waals surface area contributed by atoms with Crippen LogP contribution in [0.4, 0.5) is 0 Å². The molecule has 1 saturated heterocycles. The normalized spacial score (nSPS) is 18.0. The number of piperidine rings is 1. The highest BCUT2D eigenvalue weighted by molar-refractivity contribution is 7.11. The number of carbonyl (C=O) groups excluding carboxylic acids is 1. The molecule has 130 valence electrons. The Kier molecular flexibility index (Phi) is 3.91. The quantitative estimate of drug-likeness (QED) is 0.764. The summed E-state index contributed by atoms with van der Waals surface area (Å²) in [5.41, 5.74) is 4.46. The van der Waals surface area contributed by atoms with Crippen LogP contribution in [-0.4, -0.2) is 36.9 Å². The molecule has 1 N–H and O–H groups in total. The van der Waals surface area contributed by atoms with Crippen LogP contribution in [0.1, 0.15) is 52.1 Å². The van der Waals surface area contributed by atoms with Gasteiger partial charge in [-0.3, -0.25) is 14.7 Å². The van der Waals surface area contributed by atoms with Crippen molar-refractivity contribution in [3.8, 4) is 0 Å². The Labute approximate surface area is 148 Å². The first-order valence-corrected chi connectivity index (χ1v) is 9.23. The molecule has 8 heteroatoms. The van der Waals surface area contributed by atoms with Gasteiger partial charge in [0.05, 0.1) is 22.9 Å². The zero-order valence-corrected chi connectivity index (χ0v) is 15.0. The molecule has 25 heavy (non-hydrogen) atoms. The molecule has 3 aromatic heterocycles. The summed E-state index contributed by atoms with van der Waals surface area (Å²) in [5, 5.41) is 3.14. The van der Waals surface area contributed by atoms with Gasteiger partial charge in [0.15, 0.2) is 5.65 Å². The lowest BCUT2D eigenvalue weighted by atomic mass is 9.99. The van der Waals surface area contributed by atoms with Gasteiger partial charge in [-0.2, -0.15) is 0 Å². The molecule has 1 aliphatic rings. The van der Waals surface area contributed by atoms with Gasteiger partial charge in [-0.1, -0.05) is 0 Å². The summed E-state index contributed by atoms with van der Waals surface area (Å²) in [6.45, 7) is 4.37. The first-order valence-electron chi connectivity index (χ1n) is 8.35. The van der Waals surface area contributed by atoms with E-state index in [0.29, 0.717) is 22.8 Å². The summed E-state index contributed by atoms with van der Waals surface area (Å²) >= 11 is 1.38. The van der Waals surface area contributed by atoms with E-state index in [1.165, 1.54) is 21.9 Å². The van der Waals surface area contributed by atoms with Crippen LogP contribution in [0.2, 0.25) is 0 Å². The second-order valence-electron chi connectivity index (χ2n) is 6.42. The maximum absolute atomic E-state index is 13.0. The Morgan fingerprint density at radius 3 is 2.92 bits per heavy atom. The molecule has 0 bridgehead atoms. The Morgan fingerprint density at radius 2 is 2.16 bits per heavy atom. The number of hydrogen-bond donors (Lipinski definition) is 1. The summed E-state index contributed by atoms with van der Waals surface area (Å²) in [6, 6.07) is 3.30. The molecular formula is C17H19N5O2S. The fourth-order valence-electron chi connectivity index (χ4n) is 3.44. The molecule has 1 unspecified atom stereocenters. The third-order valence-electron chi connectivity index (χ3n) is 4.66. The Bertz CT molecular complexity index is 1000. The SMILES string of the molecule is Cc1cc(=O)n2[nH]c(C3CCCCN3C(=O)c3scnc3C)cc2n1. The lowest BCUT2D eigenvalue weighted by molar-refractivity contribution is 0.0610. The van der Waals surface area contributed by atoms with E-state index in [-0.39, 0.29) is 17.5 Å². The van der Waals surface area contributed by atoms with Crippen molar-refractivity contribution in [2.75, 3.05) is 6.54 Å². The van der Waals surface area contributed by atoms with E-state index in [1.54, 1.807) is 12.4 Å². The highest BCUT2D eigenvalue weighted by Crippen LogP contribution is 2.32. The van der Waals surface area contributed by atoms with Crippen LogP contribution in [0.25, 0.3) is 5.65 Å². The second kappa shape index (κ2) is 6.11. The molecule has 0 aromatic carbocycles. The predicted molar refractivity (Wildman–Crippen MR) is 95.0 cm³/mol. The van der Waals surface area contributed by atoms with Crippen LogP contribution in [0.15, 0.2) is 22.4 Å². The standard InChI is InChI=1S/C17H19N5O2S/c1-10-7-15(23)22-14(19-10)8-12(20-22)13-5-3-4-6-21(13)17(24)16-11(2)18-9-25-16/h7-9,13,20H,3-6H2,1-2H3. The molecule has 1 atom stereocenters. The predicted octanol–water partition coefficient (Wildman–Crippen LogP) is 2.46. The molecule has 1 fully saturated rings. The van der Waals surface area contributed by atoms with Crippen molar-refractivity contribution in [3.63, 3.8) is 0 Å². The summed E-state index contributed by atoms with van der Waals surface area (Å²) < 4.78 is 1.44. The van der Waals surface area contributed by atoms with Crippen LogP contribution in [0, 0.1) is 13.8 Å². The highest BCUT2D eigenvalue weighted by atomic mass is 32.1. The smallest absolute Gasteiger partial charge is 0.272 e. The van der Waals surface area contributed by atoms with Gasteiger partial charge in [0, 0.05) is 24.4 Å². The van der Waals surface area contributed by atoms with E-state index >= 15 is 0 Å². The summed E-state index contributed by atoms with van der Waals surface area (Å²) in [4.78, 5) is 36.3. The Hall–Kier alpha value is -2.48. The molecule has 0 aliphatic carbocycles. The maximum atomic E-state index is 13.0. The number of rotatable bonds is 2. The van der Waals surface area contributed by atoms with Gasteiger partial charge in [-0.15, -0.1) is 11.3 Å². The number of nitrogens with zero attached hydrogens (tertiary/aromatic N) is 4. The number of aromatic amines is 1. The Morgan fingerprint density at radius 1 is 1.32 bits per heavy atom. The zero-order valence-electron chi connectivity index (χ0n) is 14.2. The molecule has 0 radical (unpaired) electrons. The van der Waals surface area contributed by atoms with Crippen LogP contribution in [0.5, 0.6) is 0 Å². The van der Waals surface area contributed by atoms with Crippen LogP contribution >= 0.6 is 11.3 Å². The van der Waals surface area contributed by atoms with Gasteiger partial charge in [-0.05, 0) is 33.1 Å². The summed E-state index contributed by atoms with van der Waals surface area (Å²) in [6.07, 6.45) is 2.90. The number of fused-ring (bicyclic) bond motifs is 1. The van der Waals surface area contributed by atoms with Crippen molar-refractivity contribution < 1.29 is 4.79 Å². The zero-order chi connectivity index (χ0) is 17.6. The van der Waals surface area contributed by atoms with Crippen molar-refractivity contribution >= 4 is 22.9 Å². The van der Waals surface area contributed by atoms with Crippen molar-refractivity contribution in [1.82, 2.24) is 24.5 Å². The number of thiazole rings is 1. The monoisotopic (exact) mass is 357 g/mol. The number of carbonyl (C=O) groups is 1. The largest absolute Gasteiger partial charge is 0.329 e. The average molecular weight is 357 g/mol. The number of aryl methyl sites for hydroxylation is 2. The van der Waals surface area contributed by atoms with Gasteiger partial charge in [0.2, 0.25) is 0 Å². The van der Waals surface area contributed by atoms with Crippen molar-refractivity contribution in [2.24, 2.45) is 0 Å². The van der Waals surface area contributed by atoms with Crippen molar-refractivity contribution in [2.45, 2.75) is 39.2 Å². The highest BCUT2D eigenvalue weighted by Gasteiger charge is 2.31. The van der Waals surface area contributed by atoms with E-state index in [2.05, 4.69) is 15.1 Å². The van der Waals surface area contributed by atoms with E-state index in [1.807, 2.05) is 17.9 Å². The number of H-pyrrole nitrogens is 1. The summed E-state index contributed by atoms with van der Waals surface area (Å²) in [7, 11) is 0. The lowest BCUT2D eigenvalue weighted by Crippen LogP contribution is -2.38. The van der Waals surface area contributed by atoms with E-state index in [9.17, 15) is 9.59 Å². The number of hydrogen-bond acceptors (Lipinski definition) is 5. The van der Waals surface area contributed by atoms with Crippen LogP contribution in [-0.2, 0) is 0 Å². The third kappa shape index (κ3) is 2.76. The van der Waals surface area contributed by atoms with Crippen LogP contribution < -0.4 is 5.56 Å². The topological polar surface area (TPSA) is 83.4 Å². The van der Waals surface area contributed by atoms with Gasteiger partial charge in [0.25, 0.3) is 11.5 Å². The minimum absolute atomic E-state index is 0.0137. The van der Waals surface area contributed by atoms with Crippen molar-refractivity contribution in [1.29, 1.82) is 0 Å². The molecule has 1 aliphatic heterocycles. The van der Waals surface area contributed by atoms with Gasteiger partial charge >= 0.3 is 0 Å². The molecule has 4 rings (SSSR count). The average Bonchev–Trinajstić information content (AvgIpc) is 3.20. The molecule has 0 saturated carbocycles. The summed E-state index contributed by atoms with van der Waals surface area (Å²) in [5.74, 6) is 0.0137. The van der Waals surface area contributed by atoms with Gasteiger partial charge in [0.1, 0.15) is 4.88 Å². The number of amides is 1. The van der Waals surface area contributed by atoms with E-state index in [4.69, 9.17) is 0 Å². The minimum atomic E-state index is -0.138. The van der Waals surface area contributed by atoms with E-state index in [0.717, 1.165) is 30.7 Å². The third-order valence-corrected chi connectivity index (χ3v) is 5.58. The second-order valence-corrected chi connectivity index (χ2v) is 7.27.